The van der Waals surface area contributed by atoms with Gasteiger partial charge in [-0.3, -0.25) is 24.9 Å². The van der Waals surface area contributed by atoms with E-state index in [0.717, 1.165) is 24.2 Å². The number of carbonyl (C=O) groups is 1. The van der Waals surface area contributed by atoms with Crippen molar-refractivity contribution >= 4 is 22.5 Å². The average Bonchev–Trinajstić information content (AvgIpc) is 3.18. The van der Waals surface area contributed by atoms with Gasteiger partial charge in [-0.15, -0.1) is 0 Å². The predicted molar refractivity (Wildman–Crippen MR) is 111 cm³/mol. The average molecular weight is 409 g/mol. The summed E-state index contributed by atoms with van der Waals surface area (Å²) >= 11 is 0. The molecule has 0 radical (unpaired) electrons. The molecular formula is C21H23N5O4. The zero-order valence-electron chi connectivity index (χ0n) is 16.6. The molecule has 0 spiro atoms. The molecule has 0 saturated carbocycles. The monoisotopic (exact) mass is 409 g/mol. The fourth-order valence-corrected chi connectivity index (χ4v) is 3.59. The number of non-ortho nitro benzene ring substituents is 1. The zero-order chi connectivity index (χ0) is 21.1. The van der Waals surface area contributed by atoms with E-state index in [1.54, 1.807) is 6.07 Å². The maximum Gasteiger partial charge on any atom is 0.272 e. The number of benzene rings is 2. The number of ether oxygens (including phenoxy) is 1. The van der Waals surface area contributed by atoms with Crippen LogP contribution in [0.15, 0.2) is 42.5 Å². The van der Waals surface area contributed by atoms with Crippen molar-refractivity contribution in [1.29, 1.82) is 0 Å². The number of nitrogens with zero attached hydrogens (tertiary/aromatic N) is 3. The Kier molecular flexibility index (Phi) is 5.73. The minimum absolute atomic E-state index is 0.0821. The number of nitrogens with one attached hydrogen (secondary N) is 2. The molecule has 1 atom stereocenters. The number of rotatable bonds is 6. The first-order valence-corrected chi connectivity index (χ1v) is 9.81. The highest BCUT2D eigenvalue weighted by molar-refractivity contribution is 6.05. The molecule has 2 N–H and O–H groups in total. The van der Waals surface area contributed by atoms with Crippen molar-refractivity contribution < 1.29 is 14.5 Å². The summed E-state index contributed by atoms with van der Waals surface area (Å²) in [5.41, 5.74) is 2.77. The number of carbonyl (C=O) groups excluding carboxylic acids is 1. The minimum atomic E-state index is -0.484. The third kappa shape index (κ3) is 4.32. The summed E-state index contributed by atoms with van der Waals surface area (Å²) in [4.78, 5) is 26.0. The fourth-order valence-electron chi connectivity index (χ4n) is 3.59. The van der Waals surface area contributed by atoms with Crippen LogP contribution in [0.2, 0.25) is 0 Å². The molecule has 4 rings (SSSR count). The van der Waals surface area contributed by atoms with Crippen molar-refractivity contribution in [2.45, 2.75) is 13.0 Å². The van der Waals surface area contributed by atoms with E-state index in [9.17, 15) is 14.9 Å². The molecule has 30 heavy (non-hydrogen) atoms. The molecule has 2 aromatic carbocycles. The number of hydrogen-bond acceptors (Lipinski definition) is 6. The summed E-state index contributed by atoms with van der Waals surface area (Å²) < 4.78 is 5.42. The van der Waals surface area contributed by atoms with Crippen molar-refractivity contribution in [2.24, 2.45) is 0 Å². The third-order valence-corrected chi connectivity index (χ3v) is 5.30. The molecule has 0 bridgehead atoms. The zero-order valence-corrected chi connectivity index (χ0v) is 16.6. The van der Waals surface area contributed by atoms with Gasteiger partial charge < -0.3 is 10.1 Å². The lowest BCUT2D eigenvalue weighted by molar-refractivity contribution is -0.384. The highest BCUT2D eigenvalue weighted by atomic mass is 16.6. The molecule has 1 aliphatic rings. The maximum atomic E-state index is 13.1. The fraction of sp³-hybridized carbons (Fsp3) is 0.333. The Balaban J connectivity index is 1.60. The number of aromatic nitrogens is 2. The van der Waals surface area contributed by atoms with Crippen molar-refractivity contribution in [3.8, 4) is 0 Å². The molecule has 1 fully saturated rings. The van der Waals surface area contributed by atoms with Gasteiger partial charge in [0.15, 0.2) is 5.69 Å². The van der Waals surface area contributed by atoms with E-state index in [-0.39, 0.29) is 23.3 Å². The summed E-state index contributed by atoms with van der Waals surface area (Å²) in [6.07, 6.45) is 0. The molecule has 1 aliphatic heterocycles. The number of H-pyrrole nitrogens is 1. The Morgan fingerprint density at radius 1 is 1.27 bits per heavy atom. The standard InChI is InChI=1S/C21H23N5O4/c1-14-2-4-15(5-3-14)19(13-25-8-10-30-11-9-25)22-21(27)20-17-12-16(26(28)29)6-7-18(17)23-24-20/h2-7,12,19H,8-11,13H2,1H3,(H,22,27)(H,23,24)/t19-/m1/s1. The maximum absolute atomic E-state index is 13.1. The Morgan fingerprint density at radius 2 is 2.00 bits per heavy atom. The van der Waals surface area contributed by atoms with Crippen LogP contribution >= 0.6 is 0 Å². The van der Waals surface area contributed by atoms with Gasteiger partial charge in [0.2, 0.25) is 0 Å². The first-order valence-electron chi connectivity index (χ1n) is 9.81. The van der Waals surface area contributed by atoms with E-state index < -0.39 is 4.92 Å². The lowest BCUT2D eigenvalue weighted by Gasteiger charge is -2.31. The van der Waals surface area contributed by atoms with Gasteiger partial charge in [-0.1, -0.05) is 29.8 Å². The molecule has 9 nitrogen and oxygen atoms in total. The van der Waals surface area contributed by atoms with E-state index in [4.69, 9.17) is 4.74 Å². The van der Waals surface area contributed by atoms with Gasteiger partial charge >= 0.3 is 0 Å². The SMILES string of the molecule is Cc1ccc([C@@H](CN2CCOCC2)NC(=O)c2n[nH]c3ccc([N+](=O)[O-])cc23)cc1. The van der Waals surface area contributed by atoms with E-state index in [0.29, 0.717) is 30.7 Å². The van der Waals surface area contributed by atoms with Gasteiger partial charge in [-0.05, 0) is 18.6 Å². The number of amides is 1. The van der Waals surface area contributed by atoms with Gasteiger partial charge in [0.1, 0.15) is 0 Å². The number of nitro groups is 1. The highest BCUT2D eigenvalue weighted by Gasteiger charge is 2.23. The summed E-state index contributed by atoms with van der Waals surface area (Å²) in [7, 11) is 0. The van der Waals surface area contributed by atoms with Crippen molar-refractivity contribution in [1.82, 2.24) is 20.4 Å². The summed E-state index contributed by atoms with van der Waals surface area (Å²) in [6.45, 7) is 5.60. The van der Waals surface area contributed by atoms with Crippen molar-refractivity contribution in [3.05, 3.63) is 69.4 Å². The molecule has 0 unspecified atom stereocenters. The number of hydrogen-bond donors (Lipinski definition) is 2. The van der Waals surface area contributed by atoms with Crippen LogP contribution in [0.4, 0.5) is 5.69 Å². The second-order valence-corrected chi connectivity index (χ2v) is 7.41. The molecule has 1 aromatic heterocycles. The molecule has 9 heteroatoms. The molecule has 3 aromatic rings. The quantitative estimate of drug-likeness (QED) is 0.478. The Morgan fingerprint density at radius 3 is 2.70 bits per heavy atom. The first-order chi connectivity index (χ1) is 14.5. The second-order valence-electron chi connectivity index (χ2n) is 7.41. The van der Waals surface area contributed by atoms with Crippen LogP contribution in [-0.4, -0.2) is 58.8 Å². The number of nitro benzene ring substituents is 1. The molecule has 1 saturated heterocycles. The number of fused-ring (bicyclic) bond motifs is 1. The van der Waals surface area contributed by atoms with Crippen LogP contribution in [-0.2, 0) is 4.74 Å². The molecular weight excluding hydrogens is 386 g/mol. The topological polar surface area (TPSA) is 113 Å². The summed E-state index contributed by atoms with van der Waals surface area (Å²) in [6, 6.07) is 12.1. The van der Waals surface area contributed by atoms with Crippen LogP contribution < -0.4 is 5.32 Å². The Bertz CT molecular complexity index is 1060. The molecule has 2 heterocycles. The van der Waals surface area contributed by atoms with Gasteiger partial charge in [0, 0.05) is 37.2 Å². The number of morpholine rings is 1. The molecule has 156 valence electrons. The summed E-state index contributed by atoms with van der Waals surface area (Å²) in [5, 5.41) is 21.5. The first kappa shape index (κ1) is 20.0. The van der Waals surface area contributed by atoms with Gasteiger partial charge in [0.25, 0.3) is 11.6 Å². The Labute approximate surface area is 173 Å². The third-order valence-electron chi connectivity index (χ3n) is 5.30. The van der Waals surface area contributed by atoms with Crippen molar-refractivity contribution in [2.75, 3.05) is 32.8 Å². The normalized spacial score (nSPS) is 15.8. The summed E-state index contributed by atoms with van der Waals surface area (Å²) in [5.74, 6) is -0.374. The van der Waals surface area contributed by atoms with Crippen LogP contribution in [0.5, 0.6) is 0 Å². The van der Waals surface area contributed by atoms with Gasteiger partial charge in [0.05, 0.1) is 29.7 Å². The Hall–Kier alpha value is -3.30. The van der Waals surface area contributed by atoms with Crippen LogP contribution in [0.1, 0.15) is 27.7 Å². The van der Waals surface area contributed by atoms with Crippen LogP contribution in [0, 0.1) is 17.0 Å². The lowest BCUT2D eigenvalue weighted by atomic mass is 10.0. The van der Waals surface area contributed by atoms with Gasteiger partial charge in [-0.2, -0.15) is 5.10 Å². The lowest BCUT2D eigenvalue weighted by Crippen LogP contribution is -2.43. The minimum Gasteiger partial charge on any atom is -0.379 e. The van der Waals surface area contributed by atoms with E-state index in [1.807, 2.05) is 31.2 Å². The highest BCUT2D eigenvalue weighted by Crippen LogP contribution is 2.23. The largest absolute Gasteiger partial charge is 0.379 e. The smallest absolute Gasteiger partial charge is 0.272 e. The number of aromatic amines is 1. The van der Waals surface area contributed by atoms with E-state index >= 15 is 0 Å². The number of aryl methyl sites for hydroxylation is 1. The second kappa shape index (κ2) is 8.60. The van der Waals surface area contributed by atoms with Crippen LogP contribution in [0.25, 0.3) is 10.9 Å². The van der Waals surface area contributed by atoms with Crippen LogP contribution in [0.3, 0.4) is 0 Å². The predicted octanol–water partition coefficient (Wildman–Crippen LogP) is 2.58. The van der Waals surface area contributed by atoms with Crippen molar-refractivity contribution in [3.63, 3.8) is 0 Å². The van der Waals surface area contributed by atoms with E-state index in [2.05, 4.69) is 20.4 Å². The van der Waals surface area contributed by atoms with Gasteiger partial charge in [-0.25, -0.2) is 0 Å². The molecule has 0 aliphatic carbocycles. The van der Waals surface area contributed by atoms with E-state index in [1.165, 1.54) is 12.1 Å². The molecule has 1 amide bonds.